The molecule has 0 saturated heterocycles. The lowest BCUT2D eigenvalue weighted by molar-refractivity contribution is -0.186. The molecule has 0 radical (unpaired) electrons. The number of fused-ring (bicyclic) bond motifs is 1. The van der Waals surface area contributed by atoms with Gasteiger partial charge in [-0.15, -0.1) is 0 Å². The molecule has 0 spiro atoms. The fourth-order valence-electron chi connectivity index (χ4n) is 3.09. The number of carbonyl (C=O) groups is 2. The average molecular weight is 640 g/mol. The number of carbonyl (C=O) groups excluding carboxylic acids is 2. The van der Waals surface area contributed by atoms with Crippen LogP contribution in [0, 0.1) is 11.6 Å². The molecule has 0 aromatic heterocycles. The van der Waals surface area contributed by atoms with Crippen LogP contribution in [0.5, 0.6) is 0 Å². The summed E-state index contributed by atoms with van der Waals surface area (Å²) in [7, 11) is 0. The quantitative estimate of drug-likeness (QED) is 0.429. The van der Waals surface area contributed by atoms with Crippen LogP contribution in [0.15, 0.2) is 39.3 Å². The van der Waals surface area contributed by atoms with Gasteiger partial charge in [-0.1, -0.05) is 18.2 Å². The molecule has 14 heteroatoms. The van der Waals surface area contributed by atoms with Crippen LogP contribution >= 0.6 is 31.9 Å². The van der Waals surface area contributed by atoms with Gasteiger partial charge in [0.1, 0.15) is 11.6 Å². The predicted octanol–water partition coefficient (Wildman–Crippen LogP) is 5.84. The standard InChI is InChI=1S/C11H8BrF4NO.C10H8BrF4NO/c12-8-2-1-6-5-17(10(18)11(14,15)16)4-3-7(6)9(8)13;11-7-3-1-2-6(8(7)12)4-5-16-9(17)10(13,14)15/h1-2H,3-5H2;1-3H,4-5H2,(H,16,17). The van der Waals surface area contributed by atoms with E-state index in [0.29, 0.717) is 16.0 Å². The van der Waals surface area contributed by atoms with Gasteiger partial charge in [0.15, 0.2) is 0 Å². The van der Waals surface area contributed by atoms with Gasteiger partial charge in [0.05, 0.1) is 8.95 Å². The van der Waals surface area contributed by atoms with Crippen molar-refractivity contribution < 1.29 is 44.7 Å². The number of benzene rings is 2. The van der Waals surface area contributed by atoms with Crippen LogP contribution < -0.4 is 5.32 Å². The molecule has 1 aliphatic rings. The highest BCUT2D eigenvalue weighted by Gasteiger charge is 2.43. The molecule has 1 N–H and O–H groups in total. The van der Waals surface area contributed by atoms with Gasteiger partial charge in [0.2, 0.25) is 0 Å². The van der Waals surface area contributed by atoms with Gasteiger partial charge < -0.3 is 10.2 Å². The van der Waals surface area contributed by atoms with E-state index in [2.05, 4.69) is 31.9 Å². The number of hydrogen-bond acceptors (Lipinski definition) is 2. The molecule has 0 saturated carbocycles. The molecule has 2 aromatic rings. The molecule has 192 valence electrons. The number of halogens is 10. The SMILES string of the molecule is O=C(N1CCc2c(ccc(Br)c2F)C1)C(F)(F)F.O=C(NCCc1cccc(Br)c1F)C(F)(F)F. The summed E-state index contributed by atoms with van der Waals surface area (Å²) in [6, 6.07) is 7.44. The summed E-state index contributed by atoms with van der Waals surface area (Å²) in [5, 5.41) is 1.67. The number of hydrogen-bond donors (Lipinski definition) is 1. The molecule has 3 rings (SSSR count). The normalized spacial score (nSPS) is 13.5. The monoisotopic (exact) mass is 638 g/mol. The van der Waals surface area contributed by atoms with Crippen molar-refractivity contribution in [3.63, 3.8) is 0 Å². The van der Waals surface area contributed by atoms with Crippen molar-refractivity contribution in [3.05, 3.63) is 67.6 Å². The van der Waals surface area contributed by atoms with Crippen molar-refractivity contribution >= 4 is 43.7 Å². The lowest BCUT2D eigenvalue weighted by Gasteiger charge is -2.29. The molecular weight excluding hydrogens is 624 g/mol. The molecule has 1 aliphatic heterocycles. The first kappa shape index (κ1) is 29.0. The fraction of sp³-hybridized carbons (Fsp3) is 0.333. The number of nitrogens with zero attached hydrogens (tertiary/aromatic N) is 1. The second-order valence-electron chi connectivity index (χ2n) is 7.19. The molecule has 4 nitrogen and oxygen atoms in total. The van der Waals surface area contributed by atoms with Gasteiger partial charge in [0.25, 0.3) is 0 Å². The van der Waals surface area contributed by atoms with Gasteiger partial charge in [-0.3, -0.25) is 9.59 Å². The van der Waals surface area contributed by atoms with Gasteiger partial charge in [-0.05, 0) is 73.5 Å². The molecule has 1 heterocycles. The Morgan fingerprint density at radius 1 is 0.914 bits per heavy atom. The van der Waals surface area contributed by atoms with Crippen LogP contribution in [0.4, 0.5) is 35.1 Å². The van der Waals surface area contributed by atoms with Gasteiger partial charge in [0, 0.05) is 19.6 Å². The van der Waals surface area contributed by atoms with E-state index in [0.717, 1.165) is 0 Å². The van der Waals surface area contributed by atoms with Crippen LogP contribution in [-0.2, 0) is 29.0 Å². The second kappa shape index (κ2) is 11.7. The highest BCUT2D eigenvalue weighted by Crippen LogP contribution is 2.29. The third kappa shape index (κ3) is 7.89. The largest absolute Gasteiger partial charge is 0.471 e. The zero-order valence-electron chi connectivity index (χ0n) is 17.5. The van der Waals surface area contributed by atoms with Crippen molar-refractivity contribution in [2.75, 3.05) is 13.1 Å². The first-order valence-corrected chi connectivity index (χ1v) is 11.3. The number of amides is 2. The van der Waals surface area contributed by atoms with E-state index in [1.807, 2.05) is 0 Å². The Morgan fingerprint density at radius 2 is 1.54 bits per heavy atom. The predicted molar refractivity (Wildman–Crippen MR) is 116 cm³/mol. The first-order valence-electron chi connectivity index (χ1n) is 9.72. The van der Waals surface area contributed by atoms with Crippen molar-refractivity contribution in [2.24, 2.45) is 0 Å². The number of nitrogens with one attached hydrogen (secondary N) is 1. The summed E-state index contributed by atoms with van der Waals surface area (Å²) in [4.78, 5) is 22.2. The number of alkyl halides is 6. The van der Waals surface area contributed by atoms with E-state index in [4.69, 9.17) is 0 Å². The molecule has 2 amide bonds. The van der Waals surface area contributed by atoms with Gasteiger partial charge in [-0.25, -0.2) is 8.78 Å². The van der Waals surface area contributed by atoms with E-state index in [1.54, 1.807) is 11.4 Å². The van der Waals surface area contributed by atoms with E-state index < -0.39 is 35.8 Å². The Kier molecular flexibility index (Phi) is 9.68. The van der Waals surface area contributed by atoms with Crippen molar-refractivity contribution in [2.45, 2.75) is 31.7 Å². The second-order valence-corrected chi connectivity index (χ2v) is 8.90. The van der Waals surface area contributed by atoms with Crippen molar-refractivity contribution in [1.29, 1.82) is 0 Å². The third-order valence-corrected chi connectivity index (χ3v) is 6.01. The molecule has 0 atom stereocenters. The first-order chi connectivity index (χ1) is 16.1. The summed E-state index contributed by atoms with van der Waals surface area (Å²) in [6.07, 6.45) is -9.71. The van der Waals surface area contributed by atoms with Crippen molar-refractivity contribution in [3.8, 4) is 0 Å². The summed E-state index contributed by atoms with van der Waals surface area (Å²) in [6.45, 7) is -0.609. The average Bonchev–Trinajstić information content (AvgIpc) is 2.77. The highest BCUT2D eigenvalue weighted by atomic mass is 79.9. The minimum Gasteiger partial charge on any atom is -0.348 e. The Balaban J connectivity index is 0.000000247. The van der Waals surface area contributed by atoms with E-state index >= 15 is 0 Å². The van der Waals surface area contributed by atoms with E-state index in [9.17, 15) is 44.7 Å². The Morgan fingerprint density at radius 3 is 2.14 bits per heavy atom. The third-order valence-electron chi connectivity index (χ3n) is 4.78. The smallest absolute Gasteiger partial charge is 0.348 e. The van der Waals surface area contributed by atoms with Crippen LogP contribution in [0.3, 0.4) is 0 Å². The van der Waals surface area contributed by atoms with Crippen molar-refractivity contribution in [1.82, 2.24) is 10.2 Å². The maximum absolute atomic E-state index is 13.7. The van der Waals surface area contributed by atoms with Crippen LogP contribution in [0.25, 0.3) is 0 Å². The van der Waals surface area contributed by atoms with E-state index in [1.165, 1.54) is 24.3 Å². The Labute approximate surface area is 210 Å². The molecule has 0 aliphatic carbocycles. The molecule has 0 bridgehead atoms. The summed E-state index contributed by atoms with van der Waals surface area (Å²) >= 11 is 5.97. The van der Waals surface area contributed by atoms with Gasteiger partial charge in [-0.2, -0.15) is 26.3 Å². The van der Waals surface area contributed by atoms with Crippen LogP contribution in [-0.4, -0.2) is 42.2 Å². The zero-order chi connectivity index (χ0) is 26.6. The minimum atomic E-state index is -4.91. The maximum Gasteiger partial charge on any atom is 0.471 e. The lowest BCUT2D eigenvalue weighted by atomic mass is 9.99. The zero-order valence-corrected chi connectivity index (χ0v) is 20.6. The summed E-state index contributed by atoms with van der Waals surface area (Å²) in [5.41, 5.74) is 1.02. The topological polar surface area (TPSA) is 49.4 Å². The van der Waals surface area contributed by atoms with Crippen LogP contribution in [0.1, 0.15) is 16.7 Å². The summed E-state index contributed by atoms with van der Waals surface area (Å²) < 4.78 is 99.9. The molecule has 35 heavy (non-hydrogen) atoms. The minimum absolute atomic E-state index is 0.00685. The molecular formula is C21H16Br2F8N2O2. The van der Waals surface area contributed by atoms with Crippen LogP contribution in [0.2, 0.25) is 0 Å². The molecule has 0 fully saturated rings. The molecule has 0 unspecified atom stereocenters. The Bertz CT molecular complexity index is 1090. The Hall–Kier alpha value is -2.22. The van der Waals surface area contributed by atoms with E-state index in [-0.39, 0.29) is 47.0 Å². The highest BCUT2D eigenvalue weighted by molar-refractivity contribution is 9.10. The van der Waals surface area contributed by atoms with Gasteiger partial charge >= 0.3 is 24.2 Å². The maximum atomic E-state index is 13.7. The number of rotatable bonds is 3. The summed E-state index contributed by atoms with van der Waals surface area (Å²) in [5.74, 6) is -4.90. The molecule has 2 aromatic carbocycles. The fourth-order valence-corrected chi connectivity index (χ4v) is 3.87. The lowest BCUT2D eigenvalue weighted by Crippen LogP contribution is -2.43.